The van der Waals surface area contributed by atoms with Gasteiger partial charge in [-0.15, -0.1) is 0 Å². The molecule has 1 saturated heterocycles. The Labute approximate surface area is 145 Å². The van der Waals surface area contributed by atoms with Gasteiger partial charge in [0.05, 0.1) is 0 Å². The van der Waals surface area contributed by atoms with Gasteiger partial charge in [0, 0.05) is 31.7 Å². The van der Waals surface area contributed by atoms with Crippen LogP contribution in [0.1, 0.15) is 33.4 Å². The second-order valence-electron chi connectivity index (χ2n) is 5.74. The Morgan fingerprint density at radius 1 is 0.958 bits per heavy atom. The number of halogens is 1. The van der Waals surface area contributed by atoms with E-state index in [4.69, 9.17) is 16.0 Å². The summed E-state index contributed by atoms with van der Waals surface area (Å²) in [5.41, 5.74) is 1.89. The molecule has 1 aliphatic heterocycles. The number of furan rings is 1. The van der Waals surface area contributed by atoms with Gasteiger partial charge in [0.1, 0.15) is 0 Å². The first-order valence-corrected chi connectivity index (χ1v) is 8.39. The van der Waals surface area contributed by atoms with Gasteiger partial charge in [0.25, 0.3) is 11.8 Å². The predicted octanol–water partition coefficient (Wildman–Crippen LogP) is 3.09. The van der Waals surface area contributed by atoms with Gasteiger partial charge >= 0.3 is 0 Å². The highest BCUT2D eigenvalue weighted by molar-refractivity contribution is 6.29. The summed E-state index contributed by atoms with van der Waals surface area (Å²) in [5, 5.41) is 0.197. The van der Waals surface area contributed by atoms with Crippen molar-refractivity contribution in [1.29, 1.82) is 0 Å². The normalized spacial score (nSPS) is 14.8. The lowest BCUT2D eigenvalue weighted by atomic mass is 10.1. The maximum Gasteiger partial charge on any atom is 0.289 e. The summed E-state index contributed by atoms with van der Waals surface area (Å²) in [4.78, 5) is 28.3. The molecule has 6 heteroatoms. The van der Waals surface area contributed by atoms with Crippen molar-refractivity contribution < 1.29 is 14.0 Å². The third kappa shape index (κ3) is 3.46. The van der Waals surface area contributed by atoms with Crippen molar-refractivity contribution in [3.8, 4) is 0 Å². The Morgan fingerprint density at radius 3 is 2.04 bits per heavy atom. The van der Waals surface area contributed by atoms with Crippen LogP contribution >= 0.6 is 11.6 Å². The molecule has 5 nitrogen and oxygen atoms in total. The minimum atomic E-state index is -0.193. The molecule has 2 aromatic rings. The summed E-state index contributed by atoms with van der Waals surface area (Å²) < 4.78 is 5.16. The summed E-state index contributed by atoms with van der Waals surface area (Å²) in [5.74, 6) is 0.0435. The third-order valence-electron chi connectivity index (χ3n) is 4.25. The molecule has 0 N–H and O–H groups in total. The Hall–Kier alpha value is -2.27. The molecule has 0 saturated carbocycles. The molecule has 0 unspecified atom stereocenters. The Bertz CT molecular complexity index is 731. The molecule has 0 aliphatic carbocycles. The second-order valence-corrected chi connectivity index (χ2v) is 6.11. The minimum absolute atomic E-state index is 0.00537. The number of amides is 2. The van der Waals surface area contributed by atoms with E-state index in [1.54, 1.807) is 21.9 Å². The number of benzene rings is 1. The summed E-state index contributed by atoms with van der Waals surface area (Å²) >= 11 is 5.71. The largest absolute Gasteiger partial charge is 0.440 e. The van der Waals surface area contributed by atoms with Gasteiger partial charge < -0.3 is 14.2 Å². The van der Waals surface area contributed by atoms with Crippen LogP contribution in [0.5, 0.6) is 0 Å². The van der Waals surface area contributed by atoms with Crippen LogP contribution in [0, 0.1) is 0 Å². The van der Waals surface area contributed by atoms with Gasteiger partial charge in [0.2, 0.25) is 0 Å². The molecule has 126 valence electrons. The van der Waals surface area contributed by atoms with Crippen molar-refractivity contribution >= 4 is 23.4 Å². The number of aryl methyl sites for hydroxylation is 1. The summed E-state index contributed by atoms with van der Waals surface area (Å²) in [6, 6.07) is 10.8. The molecule has 2 amide bonds. The molecule has 1 aromatic heterocycles. The summed E-state index contributed by atoms with van der Waals surface area (Å²) in [7, 11) is 0. The van der Waals surface area contributed by atoms with Crippen molar-refractivity contribution in [2.24, 2.45) is 0 Å². The van der Waals surface area contributed by atoms with Gasteiger partial charge in [-0.3, -0.25) is 9.59 Å². The number of carbonyl (C=O) groups is 2. The Morgan fingerprint density at radius 2 is 1.54 bits per heavy atom. The summed E-state index contributed by atoms with van der Waals surface area (Å²) in [6.45, 7) is 4.06. The molecule has 1 aliphatic rings. The minimum Gasteiger partial charge on any atom is -0.440 e. The van der Waals surface area contributed by atoms with Crippen LogP contribution in [0.3, 0.4) is 0 Å². The highest BCUT2D eigenvalue weighted by Gasteiger charge is 2.26. The van der Waals surface area contributed by atoms with E-state index in [2.05, 4.69) is 6.92 Å². The first kappa shape index (κ1) is 16.6. The van der Waals surface area contributed by atoms with Crippen LogP contribution < -0.4 is 0 Å². The molecular weight excluding hydrogens is 328 g/mol. The fourth-order valence-corrected chi connectivity index (χ4v) is 2.91. The van der Waals surface area contributed by atoms with E-state index in [0.717, 1.165) is 6.42 Å². The molecule has 1 aromatic carbocycles. The lowest BCUT2D eigenvalue weighted by molar-refractivity contribution is 0.0518. The number of hydrogen-bond donors (Lipinski definition) is 0. The van der Waals surface area contributed by atoms with Crippen LogP contribution in [-0.4, -0.2) is 47.8 Å². The number of carbonyl (C=O) groups excluding carboxylic acids is 2. The number of nitrogens with zero attached hydrogens (tertiary/aromatic N) is 2. The zero-order valence-electron chi connectivity index (χ0n) is 13.5. The van der Waals surface area contributed by atoms with Gasteiger partial charge in [-0.1, -0.05) is 19.1 Å². The van der Waals surface area contributed by atoms with Gasteiger partial charge in [-0.05, 0) is 47.9 Å². The van der Waals surface area contributed by atoms with E-state index in [0.29, 0.717) is 31.7 Å². The van der Waals surface area contributed by atoms with E-state index in [1.807, 2.05) is 24.3 Å². The Balaban J connectivity index is 1.59. The second kappa shape index (κ2) is 7.09. The third-order valence-corrected chi connectivity index (χ3v) is 4.45. The fraction of sp³-hybridized carbons (Fsp3) is 0.333. The molecule has 2 heterocycles. The molecular formula is C18H19ClN2O3. The smallest absolute Gasteiger partial charge is 0.289 e. The number of piperazine rings is 1. The summed E-state index contributed by atoms with van der Waals surface area (Å²) in [6.07, 6.45) is 0.950. The lowest BCUT2D eigenvalue weighted by Crippen LogP contribution is -2.50. The quantitative estimate of drug-likeness (QED) is 0.858. The molecule has 0 radical (unpaired) electrons. The van der Waals surface area contributed by atoms with Crippen LogP contribution in [0.4, 0.5) is 0 Å². The molecule has 1 fully saturated rings. The Kier molecular flexibility index (Phi) is 4.90. The predicted molar refractivity (Wildman–Crippen MR) is 91.3 cm³/mol. The topological polar surface area (TPSA) is 53.8 Å². The molecule has 0 spiro atoms. The van der Waals surface area contributed by atoms with Crippen molar-refractivity contribution in [3.05, 3.63) is 58.5 Å². The monoisotopic (exact) mass is 346 g/mol. The highest BCUT2D eigenvalue weighted by atomic mass is 35.5. The van der Waals surface area contributed by atoms with Crippen molar-refractivity contribution in [2.75, 3.05) is 26.2 Å². The van der Waals surface area contributed by atoms with Crippen molar-refractivity contribution in [3.63, 3.8) is 0 Å². The van der Waals surface area contributed by atoms with Crippen LogP contribution in [0.2, 0.25) is 5.22 Å². The van der Waals surface area contributed by atoms with Crippen LogP contribution in [0.25, 0.3) is 0 Å². The van der Waals surface area contributed by atoms with Crippen LogP contribution in [0.15, 0.2) is 40.8 Å². The first-order chi connectivity index (χ1) is 11.6. The van der Waals surface area contributed by atoms with E-state index in [1.165, 1.54) is 5.56 Å². The average molecular weight is 347 g/mol. The van der Waals surface area contributed by atoms with E-state index >= 15 is 0 Å². The number of rotatable bonds is 3. The fourth-order valence-electron chi connectivity index (χ4n) is 2.76. The van der Waals surface area contributed by atoms with Gasteiger partial charge in [0.15, 0.2) is 11.0 Å². The zero-order valence-corrected chi connectivity index (χ0v) is 14.3. The first-order valence-electron chi connectivity index (χ1n) is 8.01. The SMILES string of the molecule is CCc1ccc(C(=O)N2CCN(C(=O)c3ccc(Cl)o3)CC2)cc1. The maximum atomic E-state index is 12.5. The van der Waals surface area contributed by atoms with Crippen LogP contribution in [-0.2, 0) is 6.42 Å². The van der Waals surface area contributed by atoms with Crippen molar-refractivity contribution in [2.45, 2.75) is 13.3 Å². The van der Waals surface area contributed by atoms with Crippen molar-refractivity contribution in [1.82, 2.24) is 9.80 Å². The van der Waals surface area contributed by atoms with Gasteiger partial charge in [-0.2, -0.15) is 0 Å². The molecule has 0 bridgehead atoms. The van der Waals surface area contributed by atoms with E-state index in [-0.39, 0.29) is 22.8 Å². The highest BCUT2D eigenvalue weighted by Crippen LogP contribution is 2.17. The lowest BCUT2D eigenvalue weighted by Gasteiger charge is -2.34. The zero-order chi connectivity index (χ0) is 17.1. The molecule has 0 atom stereocenters. The average Bonchev–Trinajstić information content (AvgIpc) is 3.07. The van der Waals surface area contributed by atoms with Gasteiger partial charge in [-0.25, -0.2) is 0 Å². The number of hydrogen-bond acceptors (Lipinski definition) is 3. The molecule has 24 heavy (non-hydrogen) atoms. The maximum absolute atomic E-state index is 12.5. The molecule has 3 rings (SSSR count). The van der Waals surface area contributed by atoms with E-state index in [9.17, 15) is 9.59 Å². The van der Waals surface area contributed by atoms with E-state index < -0.39 is 0 Å². The standard InChI is InChI=1S/C18H19ClN2O3/c1-2-13-3-5-14(6-4-13)17(22)20-9-11-21(12-10-20)18(23)15-7-8-16(19)24-15/h3-8H,2,9-12H2,1H3.